The number of carbonyl (C=O) groups excluding carboxylic acids is 1. The molecule has 1 aromatic heterocycles. The first-order chi connectivity index (χ1) is 11.7. The van der Waals surface area contributed by atoms with Crippen LogP contribution in [-0.4, -0.2) is 51.8 Å². The van der Waals surface area contributed by atoms with E-state index in [0.717, 1.165) is 9.18 Å². The molecule has 0 spiro atoms. The lowest BCUT2D eigenvalue weighted by Crippen LogP contribution is -2.27. The third-order valence-corrected chi connectivity index (χ3v) is 6.59. The quantitative estimate of drug-likeness (QED) is 0.745. The SMILES string of the molecule is COc1ccc(C(=O)N(C)Cc2ccc(Cl)s2)cc1S(=O)(=O)N(C)C. The van der Waals surface area contributed by atoms with Crippen molar-refractivity contribution in [3.8, 4) is 5.75 Å². The van der Waals surface area contributed by atoms with Crippen molar-refractivity contribution in [1.29, 1.82) is 0 Å². The molecule has 2 aromatic rings. The minimum Gasteiger partial charge on any atom is -0.495 e. The van der Waals surface area contributed by atoms with E-state index in [2.05, 4.69) is 0 Å². The number of halogens is 1. The average molecular weight is 403 g/mol. The summed E-state index contributed by atoms with van der Waals surface area (Å²) in [4.78, 5) is 15.1. The van der Waals surface area contributed by atoms with Gasteiger partial charge in [-0.15, -0.1) is 11.3 Å². The van der Waals surface area contributed by atoms with Gasteiger partial charge in [0.1, 0.15) is 10.6 Å². The molecular formula is C16H19ClN2O4S2. The number of rotatable bonds is 6. The molecule has 0 N–H and O–H groups in total. The zero-order valence-electron chi connectivity index (χ0n) is 14.3. The minimum atomic E-state index is -3.73. The first-order valence-electron chi connectivity index (χ1n) is 7.27. The molecule has 9 heteroatoms. The van der Waals surface area contributed by atoms with Crippen LogP contribution < -0.4 is 4.74 Å². The lowest BCUT2D eigenvalue weighted by molar-refractivity contribution is 0.0786. The molecule has 1 heterocycles. The van der Waals surface area contributed by atoms with Crippen molar-refractivity contribution in [3.05, 3.63) is 45.1 Å². The van der Waals surface area contributed by atoms with Gasteiger partial charge in [0.15, 0.2) is 0 Å². The van der Waals surface area contributed by atoms with Gasteiger partial charge in [-0.2, -0.15) is 0 Å². The van der Waals surface area contributed by atoms with Crippen molar-refractivity contribution in [2.75, 3.05) is 28.3 Å². The maximum Gasteiger partial charge on any atom is 0.253 e. The van der Waals surface area contributed by atoms with Crippen LogP contribution in [0, 0.1) is 0 Å². The van der Waals surface area contributed by atoms with E-state index >= 15 is 0 Å². The fourth-order valence-electron chi connectivity index (χ4n) is 2.17. The Morgan fingerprint density at radius 3 is 2.40 bits per heavy atom. The van der Waals surface area contributed by atoms with Crippen LogP contribution in [-0.2, 0) is 16.6 Å². The van der Waals surface area contributed by atoms with Crippen molar-refractivity contribution in [1.82, 2.24) is 9.21 Å². The van der Waals surface area contributed by atoms with Crippen molar-refractivity contribution in [3.63, 3.8) is 0 Å². The number of hydrogen-bond acceptors (Lipinski definition) is 5. The third-order valence-electron chi connectivity index (χ3n) is 3.54. The van der Waals surface area contributed by atoms with Gasteiger partial charge in [0, 0.05) is 31.6 Å². The number of methoxy groups -OCH3 is 1. The van der Waals surface area contributed by atoms with Gasteiger partial charge in [0.25, 0.3) is 5.91 Å². The first-order valence-corrected chi connectivity index (χ1v) is 9.90. The number of nitrogens with zero attached hydrogens (tertiary/aromatic N) is 2. The van der Waals surface area contributed by atoms with Gasteiger partial charge >= 0.3 is 0 Å². The maximum atomic E-state index is 12.7. The summed E-state index contributed by atoms with van der Waals surface area (Å²) in [6.45, 7) is 0.387. The van der Waals surface area contributed by atoms with E-state index in [4.69, 9.17) is 16.3 Å². The van der Waals surface area contributed by atoms with Crippen LogP contribution in [0.5, 0.6) is 5.75 Å². The summed E-state index contributed by atoms with van der Waals surface area (Å²) in [5.41, 5.74) is 0.270. The fraction of sp³-hybridized carbons (Fsp3) is 0.312. The number of benzene rings is 1. The monoisotopic (exact) mass is 402 g/mol. The molecule has 136 valence electrons. The average Bonchev–Trinajstić information content (AvgIpc) is 2.98. The summed E-state index contributed by atoms with van der Waals surface area (Å²) in [5, 5.41) is 0. The molecule has 0 aliphatic carbocycles. The lowest BCUT2D eigenvalue weighted by Gasteiger charge is -2.19. The van der Waals surface area contributed by atoms with Crippen LogP contribution in [0.3, 0.4) is 0 Å². The van der Waals surface area contributed by atoms with Crippen LogP contribution in [0.25, 0.3) is 0 Å². The van der Waals surface area contributed by atoms with Crippen molar-refractivity contribution >= 4 is 38.9 Å². The molecule has 0 aliphatic heterocycles. The van der Waals surface area contributed by atoms with Gasteiger partial charge in [-0.1, -0.05) is 11.6 Å². The Balaban J connectivity index is 2.34. The summed E-state index contributed by atoms with van der Waals surface area (Å²) in [6.07, 6.45) is 0. The highest BCUT2D eigenvalue weighted by Crippen LogP contribution is 2.28. The molecular weight excluding hydrogens is 384 g/mol. The molecule has 0 unspecified atom stereocenters. The lowest BCUT2D eigenvalue weighted by atomic mass is 10.2. The second-order valence-corrected chi connectivity index (χ2v) is 9.44. The van der Waals surface area contributed by atoms with Gasteiger partial charge in [-0.3, -0.25) is 4.79 Å². The van der Waals surface area contributed by atoms with E-state index in [1.807, 2.05) is 6.07 Å². The smallest absolute Gasteiger partial charge is 0.253 e. The number of thiophene rings is 1. The minimum absolute atomic E-state index is 0.0431. The van der Waals surface area contributed by atoms with Crippen LogP contribution in [0.4, 0.5) is 0 Å². The Labute approximate surface area is 156 Å². The molecule has 0 radical (unpaired) electrons. The largest absolute Gasteiger partial charge is 0.495 e. The first kappa shape index (κ1) is 19.7. The highest BCUT2D eigenvalue weighted by Gasteiger charge is 2.24. The Hall–Kier alpha value is -1.61. The molecule has 1 amide bonds. The molecule has 1 aromatic carbocycles. The van der Waals surface area contributed by atoms with Crippen LogP contribution in [0.1, 0.15) is 15.2 Å². The summed E-state index contributed by atoms with van der Waals surface area (Å²) in [7, 11) is 2.16. The summed E-state index contributed by atoms with van der Waals surface area (Å²) >= 11 is 7.30. The Kier molecular flexibility index (Phi) is 6.10. The topological polar surface area (TPSA) is 66.9 Å². The number of ether oxygens (including phenoxy) is 1. The summed E-state index contributed by atoms with van der Waals surface area (Å²) in [6, 6.07) is 8.00. The number of carbonyl (C=O) groups is 1. The molecule has 0 bridgehead atoms. The van der Waals surface area contributed by atoms with Crippen molar-refractivity contribution in [2.24, 2.45) is 0 Å². The van der Waals surface area contributed by atoms with E-state index in [-0.39, 0.29) is 22.1 Å². The van der Waals surface area contributed by atoms with Gasteiger partial charge in [-0.25, -0.2) is 12.7 Å². The molecule has 0 saturated carbocycles. The maximum absolute atomic E-state index is 12.7. The molecule has 0 saturated heterocycles. The Morgan fingerprint density at radius 2 is 1.88 bits per heavy atom. The molecule has 6 nitrogen and oxygen atoms in total. The van der Waals surface area contributed by atoms with E-state index < -0.39 is 10.0 Å². The number of amides is 1. The van der Waals surface area contributed by atoms with Crippen molar-refractivity contribution in [2.45, 2.75) is 11.4 Å². The predicted octanol–water partition coefficient (Wildman–Crippen LogP) is 2.93. The fourth-order valence-corrected chi connectivity index (χ4v) is 4.39. The molecule has 2 rings (SSSR count). The van der Waals surface area contributed by atoms with Gasteiger partial charge in [0.05, 0.1) is 18.0 Å². The standard InChI is InChI=1S/C16H19ClN2O4S2/c1-18(2)25(21,22)14-9-11(5-7-13(14)23-4)16(20)19(3)10-12-6-8-15(17)24-12/h5-9H,10H2,1-4H3. The van der Waals surface area contributed by atoms with E-state index in [9.17, 15) is 13.2 Å². The normalized spacial score (nSPS) is 11.6. The molecule has 0 fully saturated rings. The molecule has 0 aliphatic rings. The van der Waals surface area contributed by atoms with Gasteiger partial charge in [-0.05, 0) is 30.3 Å². The molecule has 0 atom stereocenters. The van der Waals surface area contributed by atoms with Crippen LogP contribution >= 0.6 is 22.9 Å². The highest BCUT2D eigenvalue weighted by atomic mass is 35.5. The predicted molar refractivity (Wildman–Crippen MR) is 99.0 cm³/mol. The number of sulfonamides is 1. The third kappa shape index (κ3) is 4.33. The zero-order valence-corrected chi connectivity index (χ0v) is 16.7. The van der Waals surface area contributed by atoms with E-state index in [1.54, 1.807) is 19.2 Å². The van der Waals surface area contributed by atoms with E-state index in [1.165, 1.54) is 49.6 Å². The van der Waals surface area contributed by atoms with Crippen LogP contribution in [0.15, 0.2) is 35.2 Å². The summed E-state index contributed by atoms with van der Waals surface area (Å²) in [5.74, 6) is -0.0969. The zero-order chi connectivity index (χ0) is 18.8. The van der Waals surface area contributed by atoms with Gasteiger partial charge in [0.2, 0.25) is 10.0 Å². The number of hydrogen-bond donors (Lipinski definition) is 0. The Bertz CT molecular complexity index is 878. The summed E-state index contributed by atoms with van der Waals surface area (Å²) < 4.78 is 31.8. The molecule has 25 heavy (non-hydrogen) atoms. The second kappa shape index (κ2) is 7.74. The highest BCUT2D eigenvalue weighted by molar-refractivity contribution is 7.89. The van der Waals surface area contributed by atoms with Gasteiger partial charge < -0.3 is 9.64 Å². The van der Waals surface area contributed by atoms with Crippen molar-refractivity contribution < 1.29 is 17.9 Å². The van der Waals surface area contributed by atoms with Crippen LogP contribution in [0.2, 0.25) is 4.34 Å². The van der Waals surface area contributed by atoms with E-state index in [0.29, 0.717) is 10.9 Å². The second-order valence-electron chi connectivity index (χ2n) is 5.52. The Morgan fingerprint density at radius 1 is 1.20 bits per heavy atom.